The molecule has 0 heterocycles. The molecule has 0 fully saturated rings. The summed E-state index contributed by atoms with van der Waals surface area (Å²) in [5.41, 5.74) is 2.57. The Morgan fingerprint density at radius 2 is 1.53 bits per heavy atom. The molecule has 236 valence electrons. The SMILES string of the molecule is CC[C@@H](C)NC(=O)[C@@H](Cc1ccccc1)N(Cc1ccc(Cl)cc1Cl)C(=O)CN(c1cccc(C)c1)S(=O)(=O)c1ccccc1. The maximum Gasteiger partial charge on any atom is 0.264 e. The predicted molar refractivity (Wildman–Crippen MR) is 181 cm³/mol. The third kappa shape index (κ3) is 8.87. The standard InChI is InChI=1S/C35H37Cl2N3O4S/c1-4-26(3)38-35(42)33(21-27-13-7-5-8-14-27)39(23-28-18-19-29(36)22-32(28)37)34(41)24-40(30-15-11-12-25(2)20-30)45(43,44)31-16-9-6-10-17-31/h5-20,22,26,33H,4,21,23-24H2,1-3H3,(H,38,42)/t26-,33-/m1/s1. The van der Waals surface area contributed by atoms with Gasteiger partial charge in [-0.15, -0.1) is 0 Å². The Bertz CT molecular complexity index is 1720. The van der Waals surface area contributed by atoms with Gasteiger partial charge >= 0.3 is 0 Å². The first-order valence-electron chi connectivity index (χ1n) is 14.7. The molecule has 0 aliphatic rings. The Balaban J connectivity index is 1.82. The van der Waals surface area contributed by atoms with Crippen LogP contribution in [0.15, 0.2) is 108 Å². The molecule has 2 atom stereocenters. The molecule has 4 aromatic rings. The zero-order valence-corrected chi connectivity index (χ0v) is 27.8. The van der Waals surface area contributed by atoms with Crippen LogP contribution >= 0.6 is 23.2 Å². The number of nitrogens with one attached hydrogen (secondary N) is 1. The second-order valence-electron chi connectivity index (χ2n) is 10.9. The third-order valence-electron chi connectivity index (χ3n) is 7.53. The zero-order valence-electron chi connectivity index (χ0n) is 25.5. The molecule has 4 aromatic carbocycles. The van der Waals surface area contributed by atoms with E-state index in [1.54, 1.807) is 54.6 Å². The van der Waals surface area contributed by atoms with Crippen molar-refractivity contribution in [1.29, 1.82) is 0 Å². The van der Waals surface area contributed by atoms with E-state index in [-0.39, 0.29) is 29.8 Å². The normalized spacial score (nSPS) is 12.6. The number of sulfonamides is 1. The molecular formula is C35H37Cl2N3O4S. The predicted octanol–water partition coefficient (Wildman–Crippen LogP) is 7.05. The monoisotopic (exact) mass is 665 g/mol. The average molecular weight is 667 g/mol. The lowest BCUT2D eigenvalue weighted by Gasteiger charge is -2.34. The van der Waals surface area contributed by atoms with E-state index < -0.39 is 28.5 Å². The van der Waals surface area contributed by atoms with E-state index in [1.807, 2.05) is 57.2 Å². The number of halogens is 2. The molecule has 2 amide bonds. The van der Waals surface area contributed by atoms with E-state index >= 15 is 0 Å². The number of hydrogen-bond donors (Lipinski definition) is 1. The van der Waals surface area contributed by atoms with Crippen LogP contribution in [0.25, 0.3) is 0 Å². The Kier molecular flexibility index (Phi) is 11.7. The first-order valence-corrected chi connectivity index (χ1v) is 16.9. The smallest absolute Gasteiger partial charge is 0.264 e. The quantitative estimate of drug-likeness (QED) is 0.166. The van der Waals surface area contributed by atoms with E-state index in [4.69, 9.17) is 23.2 Å². The minimum Gasteiger partial charge on any atom is -0.352 e. The molecule has 1 N–H and O–H groups in total. The van der Waals surface area contributed by atoms with Gasteiger partial charge in [-0.25, -0.2) is 8.42 Å². The summed E-state index contributed by atoms with van der Waals surface area (Å²) in [6, 6.07) is 28.1. The van der Waals surface area contributed by atoms with Crippen molar-refractivity contribution in [2.24, 2.45) is 0 Å². The first-order chi connectivity index (χ1) is 21.5. The summed E-state index contributed by atoms with van der Waals surface area (Å²) >= 11 is 12.7. The van der Waals surface area contributed by atoms with Gasteiger partial charge < -0.3 is 10.2 Å². The second-order valence-corrected chi connectivity index (χ2v) is 13.7. The first kappa shape index (κ1) is 34.0. The molecule has 45 heavy (non-hydrogen) atoms. The van der Waals surface area contributed by atoms with Crippen LogP contribution in [0.2, 0.25) is 10.0 Å². The molecule has 0 bridgehead atoms. The van der Waals surface area contributed by atoms with Gasteiger partial charge in [-0.2, -0.15) is 0 Å². The highest BCUT2D eigenvalue weighted by Gasteiger charge is 2.35. The topological polar surface area (TPSA) is 86.8 Å². The fraction of sp³-hybridized carbons (Fsp3) is 0.257. The highest BCUT2D eigenvalue weighted by molar-refractivity contribution is 7.92. The van der Waals surface area contributed by atoms with Crippen LogP contribution in [0.4, 0.5) is 5.69 Å². The maximum atomic E-state index is 14.5. The van der Waals surface area contributed by atoms with Crippen LogP contribution in [0, 0.1) is 6.92 Å². The fourth-order valence-electron chi connectivity index (χ4n) is 4.86. The van der Waals surface area contributed by atoms with Gasteiger partial charge in [-0.1, -0.05) is 96.9 Å². The van der Waals surface area contributed by atoms with Crippen molar-refractivity contribution < 1.29 is 18.0 Å². The van der Waals surface area contributed by atoms with Gasteiger partial charge in [0.25, 0.3) is 10.0 Å². The van der Waals surface area contributed by atoms with E-state index in [0.29, 0.717) is 27.7 Å². The van der Waals surface area contributed by atoms with E-state index in [0.717, 1.165) is 15.4 Å². The van der Waals surface area contributed by atoms with Gasteiger partial charge in [-0.3, -0.25) is 13.9 Å². The Labute approximate surface area is 275 Å². The lowest BCUT2D eigenvalue weighted by atomic mass is 10.0. The van der Waals surface area contributed by atoms with Gasteiger partial charge in [0.15, 0.2) is 0 Å². The molecule has 10 heteroatoms. The van der Waals surface area contributed by atoms with E-state index in [2.05, 4.69) is 5.32 Å². The number of rotatable bonds is 13. The summed E-state index contributed by atoms with van der Waals surface area (Å²) in [7, 11) is -4.17. The Morgan fingerprint density at radius 1 is 0.867 bits per heavy atom. The molecule has 0 saturated heterocycles. The molecule has 0 spiro atoms. The number of aryl methyl sites for hydroxylation is 1. The van der Waals surface area contributed by atoms with Gasteiger partial charge in [0, 0.05) is 29.1 Å². The molecule has 0 aliphatic carbocycles. The molecule has 0 aliphatic heterocycles. The Morgan fingerprint density at radius 3 is 2.16 bits per heavy atom. The maximum absolute atomic E-state index is 14.5. The van der Waals surface area contributed by atoms with Crippen molar-refractivity contribution in [3.63, 3.8) is 0 Å². The number of carbonyl (C=O) groups excluding carboxylic acids is 2. The van der Waals surface area contributed by atoms with Crippen molar-refractivity contribution >= 4 is 50.7 Å². The highest BCUT2D eigenvalue weighted by Crippen LogP contribution is 2.27. The van der Waals surface area contributed by atoms with Crippen molar-refractivity contribution in [3.05, 3.63) is 130 Å². The van der Waals surface area contributed by atoms with Crippen molar-refractivity contribution in [2.75, 3.05) is 10.8 Å². The summed E-state index contributed by atoms with van der Waals surface area (Å²) in [5, 5.41) is 3.78. The van der Waals surface area contributed by atoms with Crippen LogP contribution in [0.1, 0.15) is 37.0 Å². The summed E-state index contributed by atoms with van der Waals surface area (Å²) in [4.78, 5) is 29.9. The second kappa shape index (κ2) is 15.4. The molecule has 0 aromatic heterocycles. The summed E-state index contributed by atoms with van der Waals surface area (Å²) in [6.45, 7) is 5.11. The Hall–Kier alpha value is -3.85. The summed E-state index contributed by atoms with van der Waals surface area (Å²) < 4.78 is 29.2. The number of benzene rings is 4. The molecular weight excluding hydrogens is 629 g/mol. The minimum atomic E-state index is -4.17. The van der Waals surface area contributed by atoms with Crippen LogP contribution < -0.4 is 9.62 Å². The summed E-state index contributed by atoms with van der Waals surface area (Å²) in [6.07, 6.45) is 0.896. The summed E-state index contributed by atoms with van der Waals surface area (Å²) in [5.74, 6) is -0.915. The highest BCUT2D eigenvalue weighted by atomic mass is 35.5. The number of anilines is 1. The lowest BCUT2D eigenvalue weighted by molar-refractivity contribution is -0.140. The van der Waals surface area contributed by atoms with Crippen LogP contribution in [-0.2, 0) is 32.6 Å². The average Bonchev–Trinajstić information content (AvgIpc) is 3.03. The van der Waals surface area contributed by atoms with Gasteiger partial charge in [0.05, 0.1) is 10.6 Å². The van der Waals surface area contributed by atoms with E-state index in [9.17, 15) is 18.0 Å². The number of nitrogens with zero attached hydrogens (tertiary/aromatic N) is 2. The fourth-order valence-corrected chi connectivity index (χ4v) is 6.76. The minimum absolute atomic E-state index is 0.0435. The number of hydrogen-bond acceptors (Lipinski definition) is 4. The van der Waals surface area contributed by atoms with Gasteiger partial charge in [0.1, 0.15) is 12.6 Å². The largest absolute Gasteiger partial charge is 0.352 e. The lowest BCUT2D eigenvalue weighted by Crippen LogP contribution is -2.54. The van der Waals surface area contributed by atoms with Gasteiger partial charge in [-0.05, 0) is 73.4 Å². The number of carbonyl (C=O) groups is 2. The molecule has 0 radical (unpaired) electrons. The van der Waals surface area contributed by atoms with Gasteiger partial charge in [0.2, 0.25) is 11.8 Å². The molecule has 0 unspecified atom stereocenters. The van der Waals surface area contributed by atoms with Crippen molar-refractivity contribution in [3.8, 4) is 0 Å². The van der Waals surface area contributed by atoms with Crippen LogP contribution in [-0.4, -0.2) is 43.8 Å². The number of amides is 2. The third-order valence-corrected chi connectivity index (χ3v) is 9.90. The van der Waals surface area contributed by atoms with E-state index in [1.165, 1.54) is 17.0 Å². The molecule has 7 nitrogen and oxygen atoms in total. The van der Waals surface area contributed by atoms with Crippen molar-refractivity contribution in [1.82, 2.24) is 10.2 Å². The van der Waals surface area contributed by atoms with Crippen molar-refractivity contribution in [2.45, 2.75) is 57.1 Å². The zero-order chi connectivity index (χ0) is 32.6. The van der Waals surface area contributed by atoms with Crippen LogP contribution in [0.5, 0.6) is 0 Å². The molecule has 4 rings (SSSR count). The van der Waals surface area contributed by atoms with Crippen LogP contribution in [0.3, 0.4) is 0 Å². The molecule has 0 saturated carbocycles.